The molecule has 0 saturated heterocycles. The van der Waals surface area contributed by atoms with E-state index in [9.17, 15) is 13.2 Å². The second kappa shape index (κ2) is 11.7. The number of nitrogens with zero attached hydrogens (tertiary/aromatic N) is 4. The topological polar surface area (TPSA) is 94.4 Å². The number of esters is 1. The maximum absolute atomic E-state index is 13.7. The highest BCUT2D eigenvalue weighted by Gasteiger charge is 2.29. The number of unbranched alkanes of at least 4 members (excludes halogenated alkanes) is 1. The van der Waals surface area contributed by atoms with Crippen molar-refractivity contribution in [2.75, 3.05) is 23.7 Å². The summed E-state index contributed by atoms with van der Waals surface area (Å²) in [4.78, 5) is 12.5. The normalized spacial score (nSPS) is 11.6. The molecule has 0 N–H and O–H groups in total. The zero-order valence-electron chi connectivity index (χ0n) is 20.1. The zero-order chi connectivity index (χ0) is 26.6. The van der Waals surface area contributed by atoms with Gasteiger partial charge in [-0.15, -0.1) is 22.0 Å². The van der Waals surface area contributed by atoms with E-state index >= 15 is 0 Å². The standard InChI is InChI=1S/C25H24Cl2N4O4S2/c1-3-4-11-35-25(32)16-31(37(33,34)21-14-18(26)13-19(27)15-21)20-5-6-22-17(12-20)9-10-30(22)23-7-8-24(36-2)29-28-23/h5-10,12-15H,3-4,11,16H2,1-2H3. The van der Waals surface area contributed by atoms with Crippen LogP contribution < -0.4 is 4.31 Å². The highest BCUT2D eigenvalue weighted by Crippen LogP contribution is 2.31. The van der Waals surface area contributed by atoms with Crippen molar-refractivity contribution in [1.29, 1.82) is 0 Å². The lowest BCUT2D eigenvalue weighted by Crippen LogP contribution is -2.36. The Kier molecular flexibility index (Phi) is 8.63. The van der Waals surface area contributed by atoms with E-state index in [-0.39, 0.29) is 27.2 Å². The summed E-state index contributed by atoms with van der Waals surface area (Å²) < 4.78 is 35.5. The molecule has 0 fully saturated rings. The number of carbonyl (C=O) groups excluding carboxylic acids is 1. The van der Waals surface area contributed by atoms with Gasteiger partial charge in [0, 0.05) is 21.6 Å². The third-order valence-electron chi connectivity index (χ3n) is 5.50. The summed E-state index contributed by atoms with van der Waals surface area (Å²) in [6.07, 6.45) is 5.27. The molecule has 194 valence electrons. The molecular weight excluding hydrogens is 555 g/mol. The van der Waals surface area contributed by atoms with Gasteiger partial charge in [0.1, 0.15) is 11.6 Å². The fraction of sp³-hybridized carbons (Fsp3) is 0.240. The molecule has 0 amide bonds. The number of halogens is 2. The third-order valence-corrected chi connectivity index (χ3v) is 8.33. The van der Waals surface area contributed by atoms with Crippen LogP contribution in [-0.4, -0.2) is 48.6 Å². The first kappa shape index (κ1) is 27.3. The first-order valence-corrected chi connectivity index (χ1v) is 14.8. The van der Waals surface area contributed by atoms with E-state index in [4.69, 9.17) is 27.9 Å². The second-order valence-corrected chi connectivity index (χ2v) is 11.6. The van der Waals surface area contributed by atoms with E-state index in [0.29, 0.717) is 12.2 Å². The van der Waals surface area contributed by atoms with E-state index in [0.717, 1.165) is 26.7 Å². The minimum absolute atomic E-state index is 0.131. The molecule has 4 rings (SSSR count). The smallest absolute Gasteiger partial charge is 0.326 e. The number of rotatable bonds is 10. The van der Waals surface area contributed by atoms with Crippen molar-refractivity contribution < 1.29 is 17.9 Å². The van der Waals surface area contributed by atoms with Crippen LogP contribution in [0, 0.1) is 0 Å². The monoisotopic (exact) mass is 578 g/mol. The number of thioether (sulfide) groups is 1. The van der Waals surface area contributed by atoms with Gasteiger partial charge in [0.15, 0.2) is 5.82 Å². The quantitative estimate of drug-likeness (QED) is 0.129. The van der Waals surface area contributed by atoms with Crippen LogP contribution in [0.15, 0.2) is 70.7 Å². The maximum Gasteiger partial charge on any atom is 0.326 e. The first-order chi connectivity index (χ1) is 17.7. The van der Waals surface area contributed by atoms with Crippen molar-refractivity contribution in [2.45, 2.75) is 29.7 Å². The van der Waals surface area contributed by atoms with Gasteiger partial charge in [-0.25, -0.2) is 8.42 Å². The summed E-state index contributed by atoms with van der Waals surface area (Å²) in [6, 6.07) is 14.7. The van der Waals surface area contributed by atoms with Gasteiger partial charge in [-0.2, -0.15) is 0 Å². The molecule has 0 saturated carbocycles. The van der Waals surface area contributed by atoms with Crippen LogP contribution in [0.25, 0.3) is 16.7 Å². The largest absolute Gasteiger partial charge is 0.464 e. The number of ether oxygens (including phenoxy) is 1. The molecule has 0 radical (unpaired) electrons. The molecule has 2 heterocycles. The molecule has 0 spiro atoms. The van der Waals surface area contributed by atoms with E-state index in [1.165, 1.54) is 30.0 Å². The Bertz CT molecular complexity index is 1510. The number of sulfonamides is 1. The number of aromatic nitrogens is 3. The minimum atomic E-state index is -4.21. The number of anilines is 1. The SMILES string of the molecule is CCCCOC(=O)CN(c1ccc2c(ccn2-c2ccc(SC)nn2)c1)S(=O)(=O)c1cc(Cl)cc(Cl)c1. The molecule has 8 nitrogen and oxygen atoms in total. The van der Waals surface area contributed by atoms with Crippen LogP contribution in [0.2, 0.25) is 10.0 Å². The van der Waals surface area contributed by atoms with Crippen molar-refractivity contribution in [3.05, 3.63) is 70.8 Å². The summed E-state index contributed by atoms with van der Waals surface area (Å²) in [7, 11) is -4.21. The lowest BCUT2D eigenvalue weighted by molar-refractivity contribution is -0.141. The average molecular weight is 580 g/mol. The van der Waals surface area contributed by atoms with Crippen LogP contribution in [0.5, 0.6) is 0 Å². The molecule has 0 bridgehead atoms. The number of benzene rings is 2. The first-order valence-electron chi connectivity index (χ1n) is 11.4. The van der Waals surface area contributed by atoms with Crippen LogP contribution in [-0.2, 0) is 19.6 Å². The minimum Gasteiger partial charge on any atom is -0.464 e. The Labute approximate surface area is 229 Å². The van der Waals surface area contributed by atoms with E-state index in [1.807, 2.05) is 42.1 Å². The van der Waals surface area contributed by atoms with Crippen molar-refractivity contribution in [3.63, 3.8) is 0 Å². The van der Waals surface area contributed by atoms with E-state index < -0.39 is 22.5 Å². The molecular formula is C25H24Cl2N4O4S2. The lowest BCUT2D eigenvalue weighted by atomic mass is 10.2. The number of hydrogen-bond donors (Lipinski definition) is 0. The molecule has 0 atom stereocenters. The number of fused-ring (bicyclic) bond motifs is 1. The lowest BCUT2D eigenvalue weighted by Gasteiger charge is -2.24. The molecule has 0 unspecified atom stereocenters. The Balaban J connectivity index is 1.74. The summed E-state index contributed by atoms with van der Waals surface area (Å²) >= 11 is 13.7. The highest BCUT2D eigenvalue weighted by atomic mass is 35.5. The van der Waals surface area contributed by atoms with Gasteiger partial charge in [-0.05, 0) is 67.3 Å². The van der Waals surface area contributed by atoms with Crippen molar-refractivity contribution in [3.8, 4) is 5.82 Å². The van der Waals surface area contributed by atoms with Gasteiger partial charge in [-0.3, -0.25) is 13.7 Å². The highest BCUT2D eigenvalue weighted by molar-refractivity contribution is 7.98. The Morgan fingerprint density at radius 1 is 1.05 bits per heavy atom. The molecule has 2 aromatic heterocycles. The van der Waals surface area contributed by atoms with Crippen molar-refractivity contribution in [2.24, 2.45) is 0 Å². The number of hydrogen-bond acceptors (Lipinski definition) is 7. The average Bonchev–Trinajstić information content (AvgIpc) is 3.30. The van der Waals surface area contributed by atoms with E-state index in [1.54, 1.807) is 18.2 Å². The van der Waals surface area contributed by atoms with Gasteiger partial charge in [0.25, 0.3) is 10.0 Å². The predicted octanol–water partition coefficient (Wildman–Crippen LogP) is 5.99. The Morgan fingerprint density at radius 2 is 1.81 bits per heavy atom. The van der Waals surface area contributed by atoms with E-state index in [2.05, 4.69) is 10.2 Å². The molecule has 12 heteroatoms. The maximum atomic E-state index is 13.7. The van der Waals surface area contributed by atoms with Crippen LogP contribution in [0.4, 0.5) is 5.69 Å². The molecule has 0 aliphatic heterocycles. The fourth-order valence-corrected chi connectivity index (χ4v) is 6.10. The Morgan fingerprint density at radius 3 is 2.46 bits per heavy atom. The van der Waals surface area contributed by atoms with Gasteiger partial charge in [-0.1, -0.05) is 36.5 Å². The summed E-state index contributed by atoms with van der Waals surface area (Å²) in [5.41, 5.74) is 1.08. The third kappa shape index (κ3) is 6.20. The molecule has 2 aromatic carbocycles. The summed E-state index contributed by atoms with van der Waals surface area (Å²) in [6.45, 7) is 1.67. The molecule has 0 aliphatic carbocycles. The van der Waals surface area contributed by atoms with Crippen LogP contribution >= 0.6 is 35.0 Å². The number of carbonyl (C=O) groups is 1. The summed E-state index contributed by atoms with van der Waals surface area (Å²) in [5, 5.41) is 10.3. The van der Waals surface area contributed by atoms with Crippen LogP contribution in [0.1, 0.15) is 19.8 Å². The predicted molar refractivity (Wildman–Crippen MR) is 148 cm³/mol. The fourth-order valence-electron chi connectivity index (χ4n) is 3.65. The van der Waals surface area contributed by atoms with Gasteiger partial charge >= 0.3 is 5.97 Å². The van der Waals surface area contributed by atoms with Crippen molar-refractivity contribution >= 4 is 67.5 Å². The van der Waals surface area contributed by atoms with Gasteiger partial charge < -0.3 is 4.74 Å². The Hall–Kier alpha value is -2.79. The van der Waals surface area contributed by atoms with Gasteiger partial charge in [0.05, 0.1) is 22.7 Å². The second-order valence-electron chi connectivity index (χ2n) is 8.05. The van der Waals surface area contributed by atoms with Crippen molar-refractivity contribution in [1.82, 2.24) is 14.8 Å². The summed E-state index contributed by atoms with van der Waals surface area (Å²) in [5.74, 6) is -0.0370. The van der Waals surface area contributed by atoms with Gasteiger partial charge in [0.2, 0.25) is 0 Å². The molecule has 4 aromatic rings. The van der Waals surface area contributed by atoms with Crippen LogP contribution in [0.3, 0.4) is 0 Å². The zero-order valence-corrected chi connectivity index (χ0v) is 23.2. The molecule has 37 heavy (non-hydrogen) atoms. The molecule has 0 aliphatic rings.